The van der Waals surface area contributed by atoms with E-state index >= 15 is 0 Å². The Bertz CT molecular complexity index is 1120. The molecule has 1 fully saturated rings. The van der Waals surface area contributed by atoms with Crippen LogP contribution in [0.3, 0.4) is 0 Å². The molecule has 11 heteroatoms. The van der Waals surface area contributed by atoms with Crippen LogP contribution in [0.25, 0.3) is 6.08 Å². The minimum absolute atomic E-state index is 0.00856. The molecule has 0 atom stereocenters. The van der Waals surface area contributed by atoms with Gasteiger partial charge in [0.15, 0.2) is 4.32 Å². The molecule has 0 aromatic heterocycles. The number of nitrogens with zero attached hydrogens (tertiary/aromatic N) is 1. The van der Waals surface area contributed by atoms with Gasteiger partial charge in [-0.2, -0.15) is 0 Å². The second kappa shape index (κ2) is 9.39. The quantitative estimate of drug-likeness (QED) is 0.453. The van der Waals surface area contributed by atoms with E-state index in [-0.39, 0.29) is 27.1 Å². The van der Waals surface area contributed by atoms with Crippen LogP contribution in [0, 0.1) is 0 Å². The molecule has 0 radical (unpaired) electrons. The van der Waals surface area contributed by atoms with Gasteiger partial charge in [-0.3, -0.25) is 9.59 Å². The average molecular weight is 465 g/mol. The molecule has 156 valence electrons. The van der Waals surface area contributed by atoms with E-state index in [1.165, 1.54) is 12.1 Å². The smallest absolute Gasteiger partial charge is 0.306 e. The number of rotatable bonds is 8. The van der Waals surface area contributed by atoms with Crippen LogP contribution >= 0.6 is 24.0 Å². The average Bonchev–Trinajstić information content (AvgIpc) is 2.96. The lowest BCUT2D eigenvalue weighted by molar-refractivity contribution is -0.137. The summed E-state index contributed by atoms with van der Waals surface area (Å²) in [6.07, 6.45) is 1.42. The van der Waals surface area contributed by atoms with Gasteiger partial charge in [0.05, 0.1) is 22.8 Å². The van der Waals surface area contributed by atoms with Gasteiger partial charge in [0, 0.05) is 0 Å². The number of carbonyl (C=O) groups excluding carboxylic acids is 1. The van der Waals surface area contributed by atoms with E-state index in [1.54, 1.807) is 48.5 Å². The van der Waals surface area contributed by atoms with Gasteiger partial charge in [0.1, 0.15) is 5.75 Å². The van der Waals surface area contributed by atoms with Crippen LogP contribution in [0.5, 0.6) is 5.75 Å². The van der Waals surface area contributed by atoms with Crippen molar-refractivity contribution in [2.24, 2.45) is 0 Å². The van der Waals surface area contributed by atoms with Crippen molar-refractivity contribution in [2.45, 2.75) is 11.3 Å². The first-order valence-electron chi connectivity index (χ1n) is 8.56. The number of hydrogen-bond donors (Lipinski definition) is 2. The Labute approximate surface area is 182 Å². The van der Waals surface area contributed by atoms with Crippen LogP contribution in [-0.2, 0) is 19.6 Å². The van der Waals surface area contributed by atoms with E-state index < -0.39 is 21.9 Å². The predicted octanol–water partition coefficient (Wildman–Crippen LogP) is 2.63. The highest BCUT2D eigenvalue weighted by atomic mass is 32.2. The molecule has 0 saturated carbocycles. The van der Waals surface area contributed by atoms with Crippen LogP contribution in [0.2, 0.25) is 0 Å². The van der Waals surface area contributed by atoms with Gasteiger partial charge in [0.2, 0.25) is 0 Å². The molecule has 0 aliphatic carbocycles. The number of benzene rings is 2. The minimum atomic E-state index is -3.97. The summed E-state index contributed by atoms with van der Waals surface area (Å²) in [5.41, 5.74) is 0.620. The number of thiocarbonyl (C=S) groups is 1. The second-order valence-electron chi connectivity index (χ2n) is 5.99. The zero-order valence-electron chi connectivity index (χ0n) is 15.3. The maximum absolute atomic E-state index is 12.7. The zero-order valence-corrected chi connectivity index (χ0v) is 17.8. The molecule has 1 heterocycles. The fourth-order valence-corrected chi connectivity index (χ4v) is 4.75. The summed E-state index contributed by atoms with van der Waals surface area (Å²) in [7, 11) is -3.97. The van der Waals surface area contributed by atoms with Crippen molar-refractivity contribution in [1.82, 2.24) is 9.84 Å². The van der Waals surface area contributed by atoms with E-state index in [1.807, 2.05) is 0 Å². The van der Waals surface area contributed by atoms with Gasteiger partial charge in [-0.15, -0.1) is 4.83 Å². The first kappa shape index (κ1) is 22.0. The van der Waals surface area contributed by atoms with E-state index in [4.69, 9.17) is 22.1 Å². The molecule has 1 amide bonds. The minimum Gasteiger partial charge on any atom is -0.493 e. The molecule has 1 saturated heterocycles. The fraction of sp³-hybridized carbons (Fsp3) is 0.105. The predicted molar refractivity (Wildman–Crippen MR) is 116 cm³/mol. The third-order valence-electron chi connectivity index (χ3n) is 3.80. The summed E-state index contributed by atoms with van der Waals surface area (Å²) in [4.78, 5) is 25.7. The fourth-order valence-electron chi connectivity index (χ4n) is 2.42. The van der Waals surface area contributed by atoms with Crippen LogP contribution in [0.15, 0.2) is 64.4 Å². The molecule has 0 bridgehead atoms. The largest absolute Gasteiger partial charge is 0.493 e. The number of sulfonamides is 1. The van der Waals surface area contributed by atoms with Gasteiger partial charge in [-0.25, -0.2) is 13.4 Å². The van der Waals surface area contributed by atoms with Gasteiger partial charge in [-0.05, 0) is 35.9 Å². The normalized spacial score (nSPS) is 15.6. The lowest BCUT2D eigenvalue weighted by Crippen LogP contribution is -2.44. The van der Waals surface area contributed by atoms with Crippen LogP contribution in [0.4, 0.5) is 0 Å². The van der Waals surface area contributed by atoms with Crippen molar-refractivity contribution in [3.8, 4) is 5.75 Å². The van der Waals surface area contributed by atoms with Crippen LogP contribution in [-0.4, -0.2) is 41.3 Å². The first-order valence-corrected chi connectivity index (χ1v) is 11.3. The molecule has 2 aromatic rings. The molecule has 8 nitrogen and oxygen atoms in total. The zero-order chi connectivity index (χ0) is 21.7. The molecule has 0 spiro atoms. The maximum atomic E-state index is 12.7. The van der Waals surface area contributed by atoms with Gasteiger partial charge in [0.25, 0.3) is 15.9 Å². The van der Waals surface area contributed by atoms with Crippen molar-refractivity contribution in [3.05, 3.63) is 65.1 Å². The monoisotopic (exact) mass is 464 g/mol. The highest BCUT2D eigenvalue weighted by molar-refractivity contribution is 8.26. The van der Waals surface area contributed by atoms with Crippen LogP contribution in [0.1, 0.15) is 12.0 Å². The summed E-state index contributed by atoms with van der Waals surface area (Å²) in [5.74, 6) is -1.11. The number of amides is 1. The van der Waals surface area contributed by atoms with Gasteiger partial charge in [-0.1, -0.05) is 54.3 Å². The van der Waals surface area contributed by atoms with Gasteiger partial charge < -0.3 is 9.84 Å². The Morgan fingerprint density at radius 3 is 2.63 bits per heavy atom. The number of carbonyl (C=O) groups is 2. The van der Waals surface area contributed by atoms with E-state index in [0.29, 0.717) is 11.3 Å². The van der Waals surface area contributed by atoms with E-state index in [0.717, 1.165) is 16.8 Å². The molecular formula is C19H16N2O6S3. The molecule has 2 aromatic carbocycles. The number of carboxylic acid groups (broad SMARTS) is 1. The highest BCUT2D eigenvalue weighted by Crippen LogP contribution is 2.32. The third kappa shape index (κ3) is 5.45. The van der Waals surface area contributed by atoms with Crippen molar-refractivity contribution < 1.29 is 27.9 Å². The van der Waals surface area contributed by atoms with Crippen molar-refractivity contribution in [2.75, 3.05) is 6.61 Å². The van der Waals surface area contributed by atoms with Crippen LogP contribution < -0.4 is 9.57 Å². The van der Waals surface area contributed by atoms with Crippen molar-refractivity contribution >= 4 is 56.3 Å². The summed E-state index contributed by atoms with van der Waals surface area (Å²) in [6, 6.07) is 14.4. The van der Waals surface area contributed by atoms with E-state index in [2.05, 4.69) is 4.83 Å². The Kier molecular flexibility index (Phi) is 6.87. The molecule has 30 heavy (non-hydrogen) atoms. The number of thioether (sulfide) groups is 1. The van der Waals surface area contributed by atoms with Crippen molar-refractivity contribution in [3.63, 3.8) is 0 Å². The molecule has 0 unspecified atom stereocenters. The standard InChI is InChI=1S/C19H16N2O6S3/c22-17(23)9-10-27-14-6-4-5-13(11-14)12-16-18(24)21(19(28)29-16)20-30(25,26)15-7-2-1-3-8-15/h1-8,11-12,20H,9-10H2,(H,22,23)/b16-12+. The summed E-state index contributed by atoms with van der Waals surface area (Å²) >= 11 is 6.12. The number of ether oxygens (including phenoxy) is 1. The summed E-state index contributed by atoms with van der Waals surface area (Å²) < 4.78 is 30.4. The number of hydrazine groups is 1. The SMILES string of the molecule is O=C(O)CCOc1cccc(/C=C2/SC(=S)N(NS(=O)(=O)c3ccccc3)C2=O)c1. The lowest BCUT2D eigenvalue weighted by Gasteiger charge is -2.15. The Hall–Kier alpha value is -2.73. The van der Waals surface area contributed by atoms with Crippen molar-refractivity contribution in [1.29, 1.82) is 0 Å². The number of aliphatic carboxylic acids is 1. The summed E-state index contributed by atoms with van der Waals surface area (Å²) in [6.45, 7) is 0.0160. The van der Waals surface area contributed by atoms with E-state index in [9.17, 15) is 18.0 Å². The number of hydrogen-bond acceptors (Lipinski definition) is 7. The Morgan fingerprint density at radius 1 is 1.20 bits per heavy atom. The lowest BCUT2D eigenvalue weighted by atomic mass is 10.2. The molecule has 1 aliphatic rings. The summed E-state index contributed by atoms with van der Waals surface area (Å²) in [5, 5.41) is 9.49. The number of carboxylic acids is 1. The molecule has 3 rings (SSSR count). The Morgan fingerprint density at radius 2 is 1.93 bits per heavy atom. The van der Waals surface area contributed by atoms with Gasteiger partial charge >= 0.3 is 5.97 Å². The molecular weight excluding hydrogens is 448 g/mol. The second-order valence-corrected chi connectivity index (χ2v) is 9.33. The first-order chi connectivity index (χ1) is 14.3. The Balaban J connectivity index is 1.74. The highest BCUT2D eigenvalue weighted by Gasteiger charge is 2.35. The maximum Gasteiger partial charge on any atom is 0.306 e. The topological polar surface area (TPSA) is 113 Å². The third-order valence-corrected chi connectivity index (χ3v) is 6.42. The molecule has 1 aliphatic heterocycles. The number of nitrogens with one attached hydrogen (secondary N) is 1. The molecule has 2 N–H and O–H groups in total.